The summed E-state index contributed by atoms with van der Waals surface area (Å²) in [5.74, 6) is -3.18. The Morgan fingerprint density at radius 2 is 1.37 bits per heavy atom. The second-order valence-corrected chi connectivity index (χ2v) is 8.36. The predicted octanol–water partition coefficient (Wildman–Crippen LogP) is 4.52. The van der Waals surface area contributed by atoms with Crippen LogP contribution in [0.1, 0.15) is 36.6 Å². The van der Waals surface area contributed by atoms with E-state index in [9.17, 15) is 24.6 Å². The average Bonchev–Trinajstić information content (AvgIpc) is 2.62. The fourth-order valence-electron chi connectivity index (χ4n) is 2.13. The third kappa shape index (κ3) is 4.36. The number of phenols is 1. The van der Waals surface area contributed by atoms with Crippen molar-refractivity contribution in [1.82, 2.24) is 10.9 Å². The first-order valence-corrected chi connectivity index (χ1v) is 10.2. The lowest BCUT2D eigenvalue weighted by molar-refractivity contribution is 0.0689. The van der Waals surface area contributed by atoms with Gasteiger partial charge < -0.3 is 10.2 Å². The van der Waals surface area contributed by atoms with Crippen molar-refractivity contribution in [2.75, 3.05) is 0 Å². The van der Waals surface area contributed by atoms with Gasteiger partial charge in [-0.3, -0.25) is 20.4 Å². The first-order valence-electron chi connectivity index (χ1n) is 7.06. The Kier molecular flexibility index (Phi) is 7.06. The van der Waals surface area contributed by atoms with Gasteiger partial charge in [0.25, 0.3) is 11.8 Å². The van der Waals surface area contributed by atoms with Gasteiger partial charge in [-0.1, -0.05) is 12.1 Å². The topological polar surface area (TPSA) is 116 Å². The van der Waals surface area contributed by atoms with E-state index in [0.29, 0.717) is 14.5 Å². The molecule has 2 amide bonds. The number of carbonyl (C=O) groups is 3. The van der Waals surface area contributed by atoms with Crippen LogP contribution in [-0.2, 0) is 0 Å². The van der Waals surface area contributed by atoms with Gasteiger partial charge in [-0.15, -0.1) is 0 Å². The number of benzene rings is 2. The van der Waals surface area contributed by atoms with Gasteiger partial charge in [-0.2, -0.15) is 0 Å². The molecular formula is C16H10Br4N2O5. The van der Waals surface area contributed by atoms with Gasteiger partial charge in [-0.05, 0) is 82.3 Å². The number of aromatic hydroxyl groups is 1. The van der Waals surface area contributed by atoms with Crippen LogP contribution in [0, 0.1) is 6.92 Å². The van der Waals surface area contributed by atoms with Crippen molar-refractivity contribution < 1.29 is 24.6 Å². The van der Waals surface area contributed by atoms with Crippen LogP contribution in [0.3, 0.4) is 0 Å². The molecule has 0 saturated heterocycles. The van der Waals surface area contributed by atoms with E-state index >= 15 is 0 Å². The van der Waals surface area contributed by atoms with E-state index in [0.717, 1.165) is 0 Å². The molecule has 2 rings (SSSR count). The molecular weight excluding hydrogens is 620 g/mol. The number of nitrogens with one attached hydrogen (secondary N) is 2. The maximum atomic E-state index is 12.6. The molecule has 0 aliphatic rings. The Bertz CT molecular complexity index is 978. The molecule has 0 unspecified atom stereocenters. The largest absolute Gasteiger partial charge is 0.507 e. The number of phenolic OH excluding ortho intramolecular Hbond substituents is 1. The lowest BCUT2D eigenvalue weighted by atomic mass is 10.1. The Morgan fingerprint density at radius 1 is 0.852 bits per heavy atom. The summed E-state index contributed by atoms with van der Waals surface area (Å²) in [5.41, 5.74) is 4.25. The maximum Gasteiger partial charge on any atom is 0.337 e. The van der Waals surface area contributed by atoms with Gasteiger partial charge in [-0.25, -0.2) is 4.79 Å². The highest BCUT2D eigenvalue weighted by Gasteiger charge is 2.28. The quantitative estimate of drug-likeness (QED) is 0.226. The summed E-state index contributed by atoms with van der Waals surface area (Å²) in [6.07, 6.45) is 0. The lowest BCUT2D eigenvalue weighted by Gasteiger charge is -2.15. The molecule has 0 fully saturated rings. The molecule has 0 bridgehead atoms. The molecule has 27 heavy (non-hydrogen) atoms. The summed E-state index contributed by atoms with van der Waals surface area (Å²) >= 11 is 12.8. The Hall–Kier alpha value is -1.43. The fourth-order valence-corrected chi connectivity index (χ4v) is 4.60. The Balaban J connectivity index is 2.35. The third-order valence-corrected chi connectivity index (χ3v) is 8.25. The summed E-state index contributed by atoms with van der Waals surface area (Å²) in [4.78, 5) is 36.4. The molecule has 0 atom stereocenters. The standard InChI is InChI=1S/C16H10Br4N2O5/c1-5-3-2-4-6(13(5)23)14(24)21-22-15(25)7-8(16(26)27)10(18)12(20)11(19)9(7)17/h2-4,23H,1H3,(H,21,24)(H,22,25)(H,26,27). The summed E-state index contributed by atoms with van der Waals surface area (Å²) in [6, 6.07) is 4.58. The molecule has 0 aliphatic carbocycles. The van der Waals surface area contributed by atoms with Gasteiger partial charge in [0.15, 0.2) is 0 Å². The number of carboxylic acids is 1. The van der Waals surface area contributed by atoms with E-state index < -0.39 is 17.8 Å². The summed E-state index contributed by atoms with van der Waals surface area (Å²) in [6.45, 7) is 1.62. The molecule has 0 saturated carbocycles. The van der Waals surface area contributed by atoms with Crippen molar-refractivity contribution in [2.24, 2.45) is 0 Å². The molecule has 142 valence electrons. The number of amides is 2. The van der Waals surface area contributed by atoms with Crippen molar-refractivity contribution in [3.05, 3.63) is 58.3 Å². The van der Waals surface area contributed by atoms with E-state index in [1.165, 1.54) is 6.07 Å². The second kappa shape index (κ2) is 8.72. The van der Waals surface area contributed by atoms with E-state index in [4.69, 9.17) is 0 Å². The normalized spacial score (nSPS) is 10.4. The maximum absolute atomic E-state index is 12.6. The third-order valence-electron chi connectivity index (χ3n) is 3.48. The molecule has 0 spiro atoms. The van der Waals surface area contributed by atoms with Crippen LogP contribution in [0.15, 0.2) is 36.1 Å². The molecule has 2 aromatic carbocycles. The first-order chi connectivity index (χ1) is 12.6. The number of aryl methyl sites for hydroxylation is 1. The van der Waals surface area contributed by atoms with Crippen molar-refractivity contribution in [1.29, 1.82) is 0 Å². The van der Waals surface area contributed by atoms with E-state index in [-0.39, 0.29) is 31.4 Å². The summed E-state index contributed by atoms with van der Waals surface area (Å²) in [5, 5.41) is 19.4. The molecule has 2 aromatic rings. The van der Waals surface area contributed by atoms with Gasteiger partial charge in [0.1, 0.15) is 5.75 Å². The van der Waals surface area contributed by atoms with Crippen molar-refractivity contribution in [2.45, 2.75) is 6.92 Å². The molecule has 0 aromatic heterocycles. The monoisotopic (exact) mass is 626 g/mol. The van der Waals surface area contributed by atoms with E-state index in [2.05, 4.69) is 74.6 Å². The number of hydrogen-bond donors (Lipinski definition) is 4. The molecule has 0 aliphatic heterocycles. The molecule has 11 heteroatoms. The van der Waals surface area contributed by atoms with Crippen LogP contribution in [0.2, 0.25) is 0 Å². The summed E-state index contributed by atoms with van der Waals surface area (Å²) in [7, 11) is 0. The predicted molar refractivity (Wildman–Crippen MR) is 112 cm³/mol. The minimum absolute atomic E-state index is 0.0361. The zero-order valence-electron chi connectivity index (χ0n) is 13.4. The highest BCUT2D eigenvalue weighted by atomic mass is 79.9. The minimum atomic E-state index is -1.34. The molecule has 0 radical (unpaired) electrons. The van der Waals surface area contributed by atoms with Crippen molar-refractivity contribution in [3.8, 4) is 5.75 Å². The number of hydrogen-bond acceptors (Lipinski definition) is 4. The van der Waals surface area contributed by atoms with Crippen LogP contribution in [0.4, 0.5) is 0 Å². The number of rotatable bonds is 3. The van der Waals surface area contributed by atoms with Crippen molar-refractivity contribution >= 4 is 81.5 Å². The van der Waals surface area contributed by atoms with Crippen LogP contribution in [0.5, 0.6) is 5.75 Å². The zero-order chi connectivity index (χ0) is 20.5. The minimum Gasteiger partial charge on any atom is -0.507 e. The van der Waals surface area contributed by atoms with Crippen LogP contribution in [-0.4, -0.2) is 28.0 Å². The molecule has 4 N–H and O–H groups in total. The lowest BCUT2D eigenvalue weighted by Crippen LogP contribution is -2.42. The van der Waals surface area contributed by atoms with Gasteiger partial charge in [0.05, 0.1) is 16.7 Å². The number of para-hydroxylation sites is 1. The van der Waals surface area contributed by atoms with E-state index in [1.54, 1.807) is 19.1 Å². The smallest absolute Gasteiger partial charge is 0.337 e. The highest BCUT2D eigenvalue weighted by molar-refractivity contribution is 9.15. The van der Waals surface area contributed by atoms with Crippen LogP contribution in [0.25, 0.3) is 0 Å². The average molecular weight is 630 g/mol. The second-order valence-electron chi connectivity index (χ2n) is 5.19. The number of hydrazine groups is 1. The van der Waals surface area contributed by atoms with E-state index in [1.807, 2.05) is 0 Å². The molecule has 0 heterocycles. The molecule has 7 nitrogen and oxygen atoms in total. The van der Waals surface area contributed by atoms with Crippen LogP contribution < -0.4 is 10.9 Å². The Labute approximate surface area is 187 Å². The highest BCUT2D eigenvalue weighted by Crippen LogP contribution is 2.42. The van der Waals surface area contributed by atoms with Crippen LogP contribution >= 0.6 is 63.7 Å². The van der Waals surface area contributed by atoms with Gasteiger partial charge >= 0.3 is 5.97 Å². The first kappa shape index (κ1) is 21.9. The van der Waals surface area contributed by atoms with Crippen molar-refractivity contribution in [3.63, 3.8) is 0 Å². The number of halogens is 4. The van der Waals surface area contributed by atoms with Gasteiger partial charge in [0, 0.05) is 17.9 Å². The summed E-state index contributed by atoms with van der Waals surface area (Å²) < 4.78 is 1.14. The Morgan fingerprint density at radius 3 is 1.93 bits per heavy atom. The zero-order valence-corrected chi connectivity index (χ0v) is 19.7. The SMILES string of the molecule is Cc1cccc(C(=O)NNC(=O)c2c(Br)c(Br)c(Br)c(Br)c2C(=O)O)c1O. The van der Waals surface area contributed by atoms with Gasteiger partial charge in [0.2, 0.25) is 0 Å². The fraction of sp³-hybridized carbons (Fsp3) is 0.0625. The number of aromatic carboxylic acids is 1. The number of carboxylic acid groups (broad SMARTS) is 1. The number of carbonyl (C=O) groups excluding carboxylic acids is 2.